The van der Waals surface area contributed by atoms with Gasteiger partial charge in [0.1, 0.15) is 0 Å². The number of hydrazine groups is 1. The first-order valence-electron chi connectivity index (χ1n) is 6.45. The maximum Gasteiger partial charge on any atom is 0.361 e. The number of amides is 1. The normalized spacial score (nSPS) is 14.1. The molecular weight excluding hydrogens is 330 g/mol. The number of halogens is 1. The van der Waals surface area contributed by atoms with Gasteiger partial charge in [0.25, 0.3) is 5.91 Å². The van der Waals surface area contributed by atoms with Crippen molar-refractivity contribution in [1.29, 1.82) is 0 Å². The Labute approximate surface area is 139 Å². The number of nitrogens with two attached hydrogens (primary N) is 1. The van der Waals surface area contributed by atoms with Crippen LogP contribution in [-0.2, 0) is 9.53 Å². The molecule has 0 aliphatic carbocycles. The van der Waals surface area contributed by atoms with Crippen LogP contribution in [0.2, 0.25) is 0 Å². The van der Waals surface area contributed by atoms with Crippen LogP contribution in [-0.4, -0.2) is 47.6 Å². The van der Waals surface area contributed by atoms with E-state index in [1.807, 2.05) is 6.92 Å². The fraction of sp³-hybridized carbons (Fsp3) is 0.385. The molecule has 1 aliphatic heterocycles. The summed E-state index contributed by atoms with van der Waals surface area (Å²) < 4.78 is 15.5. The number of carbonyl (C=O) groups excluding carboxylic acids is 1. The van der Waals surface area contributed by atoms with Crippen molar-refractivity contribution in [3.05, 3.63) is 18.2 Å². The summed E-state index contributed by atoms with van der Waals surface area (Å²) in [6, 6.07) is 4.94. The van der Waals surface area contributed by atoms with Gasteiger partial charge in [-0.05, 0) is 19.1 Å². The van der Waals surface area contributed by atoms with Gasteiger partial charge in [-0.25, -0.2) is 5.84 Å². The summed E-state index contributed by atoms with van der Waals surface area (Å²) in [5.74, 6) is 5.42. The Kier molecular flexibility index (Phi) is 9.67. The van der Waals surface area contributed by atoms with Crippen molar-refractivity contribution in [2.45, 2.75) is 19.8 Å². The van der Waals surface area contributed by atoms with E-state index in [2.05, 4.69) is 11.8 Å². The molecule has 0 fully saturated rings. The van der Waals surface area contributed by atoms with Crippen molar-refractivity contribution in [2.75, 3.05) is 13.2 Å². The maximum atomic E-state index is 10.5. The Morgan fingerprint density at radius 1 is 1.52 bits per heavy atom. The van der Waals surface area contributed by atoms with Gasteiger partial charge in [0.15, 0.2) is 11.5 Å². The van der Waals surface area contributed by atoms with Gasteiger partial charge in [0.05, 0.1) is 19.6 Å². The van der Waals surface area contributed by atoms with E-state index in [1.165, 1.54) is 6.07 Å². The van der Waals surface area contributed by atoms with Gasteiger partial charge in [-0.1, -0.05) is 6.07 Å². The van der Waals surface area contributed by atoms with E-state index >= 15 is 0 Å². The Morgan fingerprint density at radius 3 is 2.74 bits per heavy atom. The molecule has 1 aliphatic rings. The molecule has 0 saturated heterocycles. The lowest BCUT2D eigenvalue weighted by molar-refractivity contribution is -0.173. The molecule has 0 aromatic heterocycles. The first-order valence-corrected chi connectivity index (χ1v) is 6.45. The van der Waals surface area contributed by atoms with Crippen molar-refractivity contribution in [3.8, 4) is 17.2 Å². The predicted octanol–water partition coefficient (Wildman–Crippen LogP) is 0.592. The van der Waals surface area contributed by atoms with Crippen LogP contribution in [0.5, 0.6) is 17.2 Å². The maximum absolute atomic E-state index is 10.5. The molecule has 9 nitrogen and oxygen atoms in total. The Hall–Kier alpha value is -2.07. The van der Waals surface area contributed by atoms with Crippen LogP contribution >= 0.6 is 12.4 Å². The molecule has 0 bridgehead atoms. The van der Waals surface area contributed by atoms with Crippen LogP contribution in [0, 0.1) is 0 Å². The highest BCUT2D eigenvalue weighted by Crippen LogP contribution is 2.41. The van der Waals surface area contributed by atoms with E-state index in [1.54, 1.807) is 12.1 Å². The molecule has 2 rings (SSSR count). The van der Waals surface area contributed by atoms with Crippen molar-refractivity contribution >= 4 is 25.0 Å². The van der Waals surface area contributed by atoms with Crippen molar-refractivity contribution in [1.82, 2.24) is 5.12 Å². The number of benzene rings is 1. The van der Waals surface area contributed by atoms with E-state index in [-0.39, 0.29) is 31.2 Å². The minimum atomic E-state index is -0.728. The number of rotatable bonds is 5. The van der Waals surface area contributed by atoms with Crippen molar-refractivity contribution in [2.24, 2.45) is 10.9 Å². The number of phenolic OH excluding ortho intramolecular Hbond substituents is 1. The molecule has 1 unspecified atom stereocenters. The molecule has 1 aromatic rings. The number of aliphatic hydroxyl groups is 1. The number of aromatic hydroxyl groups is 1. The number of hydrazone groups is 1. The Balaban J connectivity index is 0.000000434. The summed E-state index contributed by atoms with van der Waals surface area (Å²) in [5.41, 5.74) is 0. The number of para-hydroxylation sites is 1. The summed E-state index contributed by atoms with van der Waals surface area (Å²) in [5, 5.41) is 21.3. The minimum Gasteiger partial charge on any atom is -0.504 e. The van der Waals surface area contributed by atoms with E-state index in [0.717, 1.165) is 0 Å². The average Bonchev–Trinajstić information content (AvgIpc) is 2.92. The van der Waals surface area contributed by atoms with Gasteiger partial charge in [0, 0.05) is 6.72 Å². The lowest BCUT2D eigenvalue weighted by atomic mass is 10.3. The smallest absolute Gasteiger partial charge is 0.361 e. The number of ether oxygens (including phenoxy) is 3. The number of nitrogens with zero attached hydrogens (tertiary/aromatic N) is 2. The second-order valence-corrected chi connectivity index (χ2v) is 3.94. The monoisotopic (exact) mass is 349 g/mol. The van der Waals surface area contributed by atoms with Crippen LogP contribution in [0.25, 0.3) is 0 Å². The molecule has 130 valence electrons. The highest BCUT2D eigenvalue weighted by Gasteiger charge is 2.26. The number of carbonyl (C=O) groups is 1. The Morgan fingerprint density at radius 2 is 2.22 bits per heavy atom. The van der Waals surface area contributed by atoms with E-state index < -0.39 is 12.4 Å². The number of fused-ring (bicyclic) bond motifs is 1. The lowest BCUT2D eigenvalue weighted by Gasteiger charge is -2.08. The first-order chi connectivity index (χ1) is 10.5. The van der Waals surface area contributed by atoms with Gasteiger partial charge in [0.2, 0.25) is 5.75 Å². The fourth-order valence-electron chi connectivity index (χ4n) is 1.43. The van der Waals surface area contributed by atoms with Gasteiger partial charge in [-0.2, -0.15) is 10.2 Å². The molecule has 10 heteroatoms. The molecule has 4 N–H and O–H groups in total. The largest absolute Gasteiger partial charge is 0.504 e. The zero-order valence-electron chi connectivity index (χ0n) is 12.5. The van der Waals surface area contributed by atoms with Gasteiger partial charge in [-0.15, -0.1) is 12.4 Å². The summed E-state index contributed by atoms with van der Waals surface area (Å²) in [6.45, 7) is 4.41. The van der Waals surface area contributed by atoms with Crippen LogP contribution in [0.4, 0.5) is 0 Å². The van der Waals surface area contributed by atoms with Crippen molar-refractivity contribution < 1.29 is 29.2 Å². The third kappa shape index (κ3) is 6.28. The molecule has 1 aromatic carbocycles. The summed E-state index contributed by atoms with van der Waals surface area (Å²) >= 11 is 0. The Bertz CT molecular complexity index is 516. The second kappa shape index (κ2) is 10.6. The van der Waals surface area contributed by atoms with Gasteiger partial charge >= 0.3 is 6.48 Å². The molecule has 1 atom stereocenters. The highest BCUT2D eigenvalue weighted by molar-refractivity contribution is 5.85. The first kappa shape index (κ1) is 20.9. The quantitative estimate of drug-likeness (QED) is 0.307. The fourth-order valence-corrected chi connectivity index (χ4v) is 1.43. The van der Waals surface area contributed by atoms with E-state index in [4.69, 9.17) is 25.2 Å². The zero-order chi connectivity index (χ0) is 16.5. The number of phenols is 1. The topological polar surface area (TPSA) is 127 Å². The van der Waals surface area contributed by atoms with E-state index in [0.29, 0.717) is 23.2 Å². The summed E-state index contributed by atoms with van der Waals surface area (Å²) in [6.07, 6.45) is -0.0183. The van der Waals surface area contributed by atoms with E-state index in [9.17, 15) is 9.90 Å². The number of aliphatic hydroxyl groups excluding tert-OH is 1. The molecule has 0 spiro atoms. The van der Waals surface area contributed by atoms with Gasteiger partial charge < -0.3 is 24.4 Å². The highest BCUT2D eigenvalue weighted by atomic mass is 35.5. The van der Waals surface area contributed by atoms with Crippen LogP contribution in [0.3, 0.4) is 0 Å². The summed E-state index contributed by atoms with van der Waals surface area (Å²) in [4.78, 5) is 10.5. The van der Waals surface area contributed by atoms with Crippen LogP contribution in [0.15, 0.2) is 23.3 Å². The predicted molar refractivity (Wildman–Crippen MR) is 84.3 cm³/mol. The third-order valence-electron chi connectivity index (χ3n) is 2.43. The lowest BCUT2D eigenvalue weighted by Crippen LogP contribution is -2.32. The zero-order valence-corrected chi connectivity index (χ0v) is 13.4. The molecular formula is C13H20ClN3O6. The van der Waals surface area contributed by atoms with Crippen molar-refractivity contribution in [3.63, 3.8) is 0 Å². The minimum absolute atomic E-state index is 0. The number of hydrogen-bond acceptors (Lipinski definition) is 8. The molecule has 23 heavy (non-hydrogen) atoms. The third-order valence-corrected chi connectivity index (χ3v) is 2.43. The molecule has 0 radical (unpaired) electrons. The molecule has 0 saturated carbocycles. The average molecular weight is 350 g/mol. The molecule has 1 heterocycles. The summed E-state index contributed by atoms with van der Waals surface area (Å²) in [7, 11) is 0. The molecule has 1 amide bonds. The van der Waals surface area contributed by atoms with Gasteiger partial charge in [-0.3, -0.25) is 4.79 Å². The van der Waals surface area contributed by atoms with Crippen LogP contribution < -0.4 is 15.3 Å². The van der Waals surface area contributed by atoms with Crippen LogP contribution in [0.1, 0.15) is 13.3 Å². The second-order valence-electron chi connectivity index (χ2n) is 3.94. The number of hydrogen-bond donors (Lipinski definition) is 3. The SMILES string of the molecule is C=NN(N)C(=O)CCO.CCOC1Oc2cccc(O)c2O1.Cl. The standard InChI is InChI=1S/C9H10O4.C4H9N3O2.ClH/c1-2-11-9-12-7-5-3-4-6(10)8(7)13-9;1-6-7(5)4(9)2-3-8;/h3-5,9-10H,2H2,1H3;8H,1-3,5H2;1H.